The van der Waals surface area contributed by atoms with Crippen molar-refractivity contribution in [1.29, 1.82) is 0 Å². The number of hydrogen-bond donors (Lipinski definition) is 3. The van der Waals surface area contributed by atoms with Crippen molar-refractivity contribution in [2.24, 2.45) is 5.92 Å². The van der Waals surface area contributed by atoms with E-state index in [2.05, 4.69) is 10.6 Å². The van der Waals surface area contributed by atoms with Crippen LogP contribution in [0.1, 0.15) is 51.7 Å². The van der Waals surface area contributed by atoms with Gasteiger partial charge in [-0.15, -0.1) is 0 Å². The van der Waals surface area contributed by atoms with Gasteiger partial charge in [-0.3, -0.25) is 14.4 Å². The maximum absolute atomic E-state index is 12.7. The van der Waals surface area contributed by atoms with Crippen molar-refractivity contribution in [1.82, 2.24) is 10.6 Å². The summed E-state index contributed by atoms with van der Waals surface area (Å²) >= 11 is 0. The second-order valence-electron chi connectivity index (χ2n) is 8.72. The molecule has 2 rings (SSSR count). The molecule has 30 heavy (non-hydrogen) atoms. The summed E-state index contributed by atoms with van der Waals surface area (Å²) in [7, 11) is 0. The van der Waals surface area contributed by atoms with Crippen LogP contribution in [0, 0.1) is 5.92 Å². The Balaban J connectivity index is 2.07. The van der Waals surface area contributed by atoms with E-state index in [1.807, 2.05) is 45.9 Å². The number of carbonyl (C=O) groups is 4. The van der Waals surface area contributed by atoms with E-state index in [9.17, 15) is 19.2 Å². The van der Waals surface area contributed by atoms with Crippen LogP contribution < -0.4 is 15.4 Å². The number of amides is 2. The molecule has 1 heterocycles. The van der Waals surface area contributed by atoms with E-state index in [0.29, 0.717) is 18.5 Å². The van der Waals surface area contributed by atoms with Crippen LogP contribution >= 0.6 is 0 Å². The summed E-state index contributed by atoms with van der Waals surface area (Å²) in [5.74, 6) is -1.31. The topological polar surface area (TPSA) is 122 Å². The Kier molecular flexibility index (Phi) is 7.59. The highest BCUT2D eigenvalue weighted by Gasteiger charge is 2.32. The van der Waals surface area contributed by atoms with E-state index in [-0.39, 0.29) is 23.8 Å². The fourth-order valence-electron chi connectivity index (χ4n) is 3.54. The van der Waals surface area contributed by atoms with Crippen LogP contribution in [-0.4, -0.2) is 46.9 Å². The van der Waals surface area contributed by atoms with E-state index in [1.165, 1.54) is 0 Å². The summed E-state index contributed by atoms with van der Waals surface area (Å²) in [6, 6.07) is 3.66. The SMILES string of the molecule is CC(C)C[C@H](NC(=O)Cc1cccc2c1OC(C)(C)C2)C(=O)N[C@H](C=O)CC(=O)O. The fourth-order valence-corrected chi connectivity index (χ4v) is 3.54. The van der Waals surface area contributed by atoms with Gasteiger partial charge in [-0.05, 0) is 31.7 Å². The van der Waals surface area contributed by atoms with Crippen LogP contribution in [0.2, 0.25) is 0 Å². The Labute approximate surface area is 176 Å². The van der Waals surface area contributed by atoms with Gasteiger partial charge in [0.2, 0.25) is 11.8 Å². The molecule has 1 aromatic rings. The zero-order chi connectivity index (χ0) is 22.5. The van der Waals surface area contributed by atoms with Crippen molar-refractivity contribution < 1.29 is 29.0 Å². The molecule has 0 unspecified atom stereocenters. The second-order valence-corrected chi connectivity index (χ2v) is 8.72. The normalized spacial score (nSPS) is 16.2. The molecule has 0 spiro atoms. The Morgan fingerprint density at radius 2 is 1.93 bits per heavy atom. The third-order valence-corrected chi connectivity index (χ3v) is 4.77. The van der Waals surface area contributed by atoms with E-state index >= 15 is 0 Å². The number of benzene rings is 1. The van der Waals surface area contributed by atoms with Gasteiger partial charge in [0.25, 0.3) is 0 Å². The van der Waals surface area contributed by atoms with Crippen LogP contribution in [0.15, 0.2) is 18.2 Å². The monoisotopic (exact) mass is 418 g/mol. The number of hydrogen-bond acceptors (Lipinski definition) is 5. The quantitative estimate of drug-likeness (QED) is 0.497. The highest BCUT2D eigenvalue weighted by Crippen LogP contribution is 2.37. The Bertz CT molecular complexity index is 818. The van der Waals surface area contributed by atoms with Gasteiger partial charge < -0.3 is 25.3 Å². The van der Waals surface area contributed by atoms with Crippen LogP contribution in [-0.2, 0) is 32.0 Å². The molecule has 8 nitrogen and oxygen atoms in total. The van der Waals surface area contributed by atoms with Crippen LogP contribution in [0.4, 0.5) is 0 Å². The molecule has 0 bridgehead atoms. The summed E-state index contributed by atoms with van der Waals surface area (Å²) in [4.78, 5) is 47.2. The maximum atomic E-state index is 12.7. The van der Waals surface area contributed by atoms with Crippen LogP contribution in [0.25, 0.3) is 0 Å². The Hall–Kier alpha value is -2.90. The minimum atomic E-state index is -1.20. The number of aldehydes is 1. The van der Waals surface area contributed by atoms with Gasteiger partial charge in [0, 0.05) is 12.0 Å². The molecule has 8 heteroatoms. The van der Waals surface area contributed by atoms with E-state index in [0.717, 1.165) is 17.5 Å². The molecule has 1 aromatic carbocycles. The van der Waals surface area contributed by atoms with Crippen molar-refractivity contribution in [3.63, 3.8) is 0 Å². The second kappa shape index (κ2) is 9.73. The predicted octanol–water partition coefficient (Wildman–Crippen LogP) is 1.63. The highest BCUT2D eigenvalue weighted by molar-refractivity contribution is 5.90. The molecular weight excluding hydrogens is 388 g/mol. The molecule has 164 valence electrons. The number of carbonyl (C=O) groups excluding carboxylic acids is 3. The Morgan fingerprint density at radius 1 is 1.23 bits per heavy atom. The number of nitrogens with one attached hydrogen (secondary N) is 2. The number of rotatable bonds is 10. The third-order valence-electron chi connectivity index (χ3n) is 4.77. The number of fused-ring (bicyclic) bond motifs is 1. The average molecular weight is 418 g/mol. The zero-order valence-electron chi connectivity index (χ0n) is 17.9. The van der Waals surface area contributed by atoms with Crippen LogP contribution in [0.5, 0.6) is 5.75 Å². The summed E-state index contributed by atoms with van der Waals surface area (Å²) in [5, 5.41) is 14.0. The van der Waals surface area contributed by atoms with Crippen molar-refractivity contribution >= 4 is 24.1 Å². The number of carboxylic acid groups (broad SMARTS) is 1. The van der Waals surface area contributed by atoms with E-state index in [1.54, 1.807) is 0 Å². The summed E-state index contributed by atoms with van der Waals surface area (Å²) in [5.41, 5.74) is 1.46. The molecule has 0 aromatic heterocycles. The van der Waals surface area contributed by atoms with Gasteiger partial charge in [-0.1, -0.05) is 32.0 Å². The molecule has 0 aliphatic carbocycles. The first-order valence-corrected chi connectivity index (χ1v) is 10.1. The zero-order valence-corrected chi connectivity index (χ0v) is 17.9. The van der Waals surface area contributed by atoms with E-state index < -0.39 is 30.4 Å². The van der Waals surface area contributed by atoms with Crippen molar-refractivity contribution in [3.05, 3.63) is 29.3 Å². The predicted molar refractivity (Wildman–Crippen MR) is 110 cm³/mol. The largest absolute Gasteiger partial charge is 0.487 e. The molecule has 0 fully saturated rings. The third kappa shape index (κ3) is 6.57. The Morgan fingerprint density at radius 3 is 2.53 bits per heavy atom. The van der Waals surface area contributed by atoms with Crippen molar-refractivity contribution in [2.45, 2.75) is 71.1 Å². The van der Waals surface area contributed by atoms with Crippen molar-refractivity contribution in [2.75, 3.05) is 0 Å². The lowest BCUT2D eigenvalue weighted by Gasteiger charge is -2.22. The van der Waals surface area contributed by atoms with Crippen LogP contribution in [0.3, 0.4) is 0 Å². The first-order valence-electron chi connectivity index (χ1n) is 10.1. The lowest BCUT2D eigenvalue weighted by atomic mass is 9.99. The number of carboxylic acids is 1. The maximum Gasteiger partial charge on any atom is 0.305 e. The fraction of sp³-hybridized carbons (Fsp3) is 0.545. The molecule has 2 amide bonds. The van der Waals surface area contributed by atoms with Crippen molar-refractivity contribution in [3.8, 4) is 5.75 Å². The first-order chi connectivity index (χ1) is 14.0. The number of para-hydroxylation sites is 1. The highest BCUT2D eigenvalue weighted by atomic mass is 16.5. The van der Waals surface area contributed by atoms with Gasteiger partial charge in [-0.25, -0.2) is 0 Å². The summed E-state index contributed by atoms with van der Waals surface area (Å²) < 4.78 is 5.99. The van der Waals surface area contributed by atoms with Gasteiger partial charge in [-0.2, -0.15) is 0 Å². The molecular formula is C22H30N2O6. The summed E-state index contributed by atoms with van der Waals surface area (Å²) in [6.07, 6.45) is 1.03. The molecule has 0 saturated heterocycles. The summed E-state index contributed by atoms with van der Waals surface area (Å²) in [6.45, 7) is 7.78. The molecule has 1 aliphatic heterocycles. The smallest absolute Gasteiger partial charge is 0.305 e. The minimum Gasteiger partial charge on any atom is -0.487 e. The average Bonchev–Trinajstić information content (AvgIpc) is 2.94. The molecule has 3 N–H and O–H groups in total. The molecule has 1 aliphatic rings. The standard InChI is InChI=1S/C22H30N2O6/c1-13(2)8-17(21(29)23-16(12-25)10-19(27)28)24-18(26)9-14-6-5-7-15-11-22(3,4)30-20(14)15/h5-7,12-13,16-17H,8-11H2,1-4H3,(H,23,29)(H,24,26)(H,27,28)/t16-,17-/m0/s1. The van der Waals surface area contributed by atoms with Gasteiger partial charge in [0.15, 0.2) is 0 Å². The first kappa shape index (κ1) is 23.4. The lowest BCUT2D eigenvalue weighted by Crippen LogP contribution is -2.51. The molecule has 0 saturated carbocycles. The minimum absolute atomic E-state index is 0.0490. The number of aliphatic carboxylic acids is 1. The van der Waals surface area contributed by atoms with Gasteiger partial charge >= 0.3 is 5.97 Å². The molecule has 0 radical (unpaired) electrons. The van der Waals surface area contributed by atoms with E-state index in [4.69, 9.17) is 9.84 Å². The number of ether oxygens (including phenoxy) is 1. The lowest BCUT2D eigenvalue weighted by molar-refractivity contribution is -0.139. The molecule has 2 atom stereocenters. The van der Waals surface area contributed by atoms with Gasteiger partial charge in [0.05, 0.1) is 18.9 Å². The van der Waals surface area contributed by atoms with Gasteiger partial charge in [0.1, 0.15) is 23.7 Å².